The number of nitrogens with zero attached hydrogens (tertiary/aromatic N) is 3. The van der Waals surface area contributed by atoms with E-state index in [1.54, 1.807) is 6.07 Å². The number of carbonyl (C=O) groups is 1. The first-order chi connectivity index (χ1) is 10.0. The number of rotatable bonds is 5. The van der Waals surface area contributed by atoms with Gasteiger partial charge in [-0.1, -0.05) is 6.07 Å². The summed E-state index contributed by atoms with van der Waals surface area (Å²) in [5.41, 5.74) is 6.02. The van der Waals surface area contributed by atoms with Gasteiger partial charge in [0, 0.05) is 13.1 Å². The summed E-state index contributed by atoms with van der Waals surface area (Å²) in [5, 5.41) is 6.08. The molecule has 0 saturated carbocycles. The molecule has 2 rings (SSSR count). The van der Waals surface area contributed by atoms with E-state index in [9.17, 15) is 9.18 Å². The van der Waals surface area contributed by atoms with Crippen LogP contribution in [0.15, 0.2) is 18.2 Å². The molecule has 0 aliphatic rings. The minimum absolute atomic E-state index is 0.00453. The van der Waals surface area contributed by atoms with E-state index in [0.717, 1.165) is 0 Å². The van der Waals surface area contributed by atoms with Crippen LogP contribution in [0.1, 0.15) is 23.1 Å². The van der Waals surface area contributed by atoms with E-state index in [1.165, 1.54) is 24.1 Å². The van der Waals surface area contributed by atoms with E-state index in [0.29, 0.717) is 12.1 Å². The number of hydrogen-bond donors (Lipinski definition) is 2. The number of carbonyl (C=O) groups excluding carboxylic acids is 1. The first-order valence-corrected chi connectivity index (χ1v) is 6.34. The Labute approximate surface area is 120 Å². The molecule has 1 aromatic carbocycles. The van der Waals surface area contributed by atoms with E-state index in [1.807, 2.05) is 6.92 Å². The summed E-state index contributed by atoms with van der Waals surface area (Å²) in [4.78, 5) is 17.5. The number of hydrogen-bond acceptors (Lipinski definition) is 5. The number of halogens is 1. The molecule has 0 radical (unpaired) electrons. The average molecular weight is 293 g/mol. The Morgan fingerprint density at radius 1 is 1.52 bits per heavy atom. The highest BCUT2D eigenvalue weighted by Crippen LogP contribution is 2.19. The van der Waals surface area contributed by atoms with Gasteiger partial charge in [-0.15, -0.1) is 5.10 Å². The van der Waals surface area contributed by atoms with Crippen LogP contribution in [0.3, 0.4) is 0 Å². The molecule has 0 aliphatic heterocycles. The molecule has 0 bridgehead atoms. The van der Waals surface area contributed by atoms with E-state index in [2.05, 4.69) is 15.2 Å². The monoisotopic (exact) mass is 293 g/mol. The number of nitrogens with one attached hydrogen (secondary N) is 1. The van der Waals surface area contributed by atoms with Crippen LogP contribution in [0.4, 0.5) is 10.3 Å². The highest BCUT2D eigenvalue weighted by molar-refractivity contribution is 5.90. The van der Waals surface area contributed by atoms with Gasteiger partial charge < -0.3 is 15.4 Å². The molecule has 0 fully saturated rings. The molecule has 21 heavy (non-hydrogen) atoms. The second kappa shape index (κ2) is 6.21. The molecular weight excluding hydrogens is 277 g/mol. The maximum Gasteiger partial charge on any atom is 0.291 e. The van der Waals surface area contributed by atoms with Gasteiger partial charge in [-0.05, 0) is 24.6 Å². The maximum absolute atomic E-state index is 13.7. The fourth-order valence-electron chi connectivity index (χ4n) is 1.88. The molecule has 1 aromatic heterocycles. The Hall–Kier alpha value is -2.64. The van der Waals surface area contributed by atoms with E-state index in [4.69, 9.17) is 10.5 Å². The standard InChI is InChI=1S/C13H16FN5O2/c1-3-19(12(20)11-16-13(15)18-17-11)7-8-4-5-10(21-2)9(14)6-8/h4-6H,3,7H2,1-2H3,(H3,15,16,17,18). The van der Waals surface area contributed by atoms with Crippen LogP contribution < -0.4 is 10.5 Å². The predicted octanol–water partition coefficient (Wildman–Crippen LogP) is 1.20. The highest BCUT2D eigenvalue weighted by Gasteiger charge is 2.18. The summed E-state index contributed by atoms with van der Waals surface area (Å²) in [7, 11) is 1.40. The minimum Gasteiger partial charge on any atom is -0.494 e. The van der Waals surface area contributed by atoms with Gasteiger partial charge in [-0.2, -0.15) is 4.98 Å². The minimum atomic E-state index is -0.470. The lowest BCUT2D eigenvalue weighted by atomic mass is 10.2. The predicted molar refractivity (Wildman–Crippen MR) is 74.2 cm³/mol. The van der Waals surface area contributed by atoms with Gasteiger partial charge in [0.25, 0.3) is 5.91 Å². The van der Waals surface area contributed by atoms with Crippen molar-refractivity contribution >= 4 is 11.9 Å². The zero-order chi connectivity index (χ0) is 15.4. The van der Waals surface area contributed by atoms with Crippen LogP contribution in [0.2, 0.25) is 0 Å². The number of anilines is 1. The van der Waals surface area contributed by atoms with E-state index >= 15 is 0 Å². The third kappa shape index (κ3) is 3.28. The first-order valence-electron chi connectivity index (χ1n) is 6.34. The Kier molecular flexibility index (Phi) is 4.36. The number of nitrogen functional groups attached to an aromatic ring is 1. The number of aromatic nitrogens is 3. The quantitative estimate of drug-likeness (QED) is 0.863. The Balaban J connectivity index is 2.15. The third-order valence-electron chi connectivity index (χ3n) is 2.96. The number of methoxy groups -OCH3 is 1. The van der Waals surface area contributed by atoms with Gasteiger partial charge in [0.15, 0.2) is 11.6 Å². The fourth-order valence-corrected chi connectivity index (χ4v) is 1.88. The Morgan fingerprint density at radius 2 is 2.29 bits per heavy atom. The molecular formula is C13H16FN5O2. The summed E-state index contributed by atoms with van der Waals surface area (Å²) in [6.07, 6.45) is 0. The van der Waals surface area contributed by atoms with Gasteiger partial charge >= 0.3 is 0 Å². The van der Waals surface area contributed by atoms with Crippen LogP contribution in [0, 0.1) is 5.82 Å². The number of H-pyrrole nitrogens is 1. The first kappa shape index (κ1) is 14.8. The van der Waals surface area contributed by atoms with Crippen molar-refractivity contribution in [3.8, 4) is 5.75 Å². The van der Waals surface area contributed by atoms with Crippen LogP contribution in [0.25, 0.3) is 0 Å². The topological polar surface area (TPSA) is 97.1 Å². The average Bonchev–Trinajstić information content (AvgIpc) is 2.91. The van der Waals surface area contributed by atoms with Crippen molar-refractivity contribution < 1.29 is 13.9 Å². The summed E-state index contributed by atoms with van der Waals surface area (Å²) in [6.45, 7) is 2.50. The summed E-state index contributed by atoms with van der Waals surface area (Å²) in [6, 6.07) is 4.56. The van der Waals surface area contributed by atoms with Crippen molar-refractivity contribution in [3.05, 3.63) is 35.4 Å². The number of benzene rings is 1. The summed E-state index contributed by atoms with van der Waals surface area (Å²) < 4.78 is 18.5. The summed E-state index contributed by atoms with van der Waals surface area (Å²) >= 11 is 0. The van der Waals surface area contributed by atoms with Crippen molar-refractivity contribution in [1.82, 2.24) is 20.1 Å². The Bertz CT molecular complexity index is 643. The molecule has 0 unspecified atom stereocenters. The molecule has 0 aliphatic carbocycles. The largest absolute Gasteiger partial charge is 0.494 e. The van der Waals surface area contributed by atoms with Gasteiger partial charge in [0.2, 0.25) is 11.8 Å². The van der Waals surface area contributed by atoms with Crippen LogP contribution in [-0.4, -0.2) is 39.6 Å². The Morgan fingerprint density at radius 3 is 2.81 bits per heavy atom. The van der Waals surface area contributed by atoms with Crippen molar-refractivity contribution in [2.75, 3.05) is 19.4 Å². The second-order valence-corrected chi connectivity index (χ2v) is 4.33. The van der Waals surface area contributed by atoms with Crippen LogP contribution in [0.5, 0.6) is 5.75 Å². The molecule has 1 heterocycles. The maximum atomic E-state index is 13.7. The third-order valence-corrected chi connectivity index (χ3v) is 2.96. The fraction of sp³-hybridized carbons (Fsp3) is 0.308. The summed E-state index contributed by atoms with van der Waals surface area (Å²) in [5.74, 6) is -0.593. The number of ether oxygens (including phenoxy) is 1. The molecule has 0 atom stereocenters. The van der Waals surface area contributed by atoms with Crippen LogP contribution >= 0.6 is 0 Å². The van der Waals surface area contributed by atoms with E-state index < -0.39 is 5.82 Å². The van der Waals surface area contributed by atoms with E-state index in [-0.39, 0.29) is 30.0 Å². The van der Waals surface area contributed by atoms with Crippen molar-refractivity contribution in [2.24, 2.45) is 0 Å². The van der Waals surface area contributed by atoms with Gasteiger partial charge in [0.05, 0.1) is 7.11 Å². The number of nitrogens with two attached hydrogens (primary N) is 1. The smallest absolute Gasteiger partial charge is 0.291 e. The number of amides is 1. The van der Waals surface area contributed by atoms with Crippen LogP contribution in [-0.2, 0) is 6.54 Å². The molecule has 2 aromatic rings. The molecule has 8 heteroatoms. The highest BCUT2D eigenvalue weighted by atomic mass is 19.1. The molecule has 112 valence electrons. The number of aromatic amines is 1. The lowest BCUT2D eigenvalue weighted by Gasteiger charge is -2.19. The molecule has 1 amide bonds. The van der Waals surface area contributed by atoms with Gasteiger partial charge in [-0.25, -0.2) is 4.39 Å². The lowest BCUT2D eigenvalue weighted by molar-refractivity contribution is 0.0740. The van der Waals surface area contributed by atoms with Crippen molar-refractivity contribution in [2.45, 2.75) is 13.5 Å². The normalized spacial score (nSPS) is 10.4. The SMILES string of the molecule is CCN(Cc1ccc(OC)c(F)c1)C(=O)c1nc(N)n[nH]1. The molecule has 3 N–H and O–H groups in total. The molecule has 0 saturated heterocycles. The van der Waals surface area contributed by atoms with Crippen molar-refractivity contribution in [3.63, 3.8) is 0 Å². The molecule has 7 nitrogen and oxygen atoms in total. The zero-order valence-corrected chi connectivity index (χ0v) is 11.8. The van der Waals surface area contributed by atoms with Crippen molar-refractivity contribution in [1.29, 1.82) is 0 Å². The molecule has 0 spiro atoms. The second-order valence-electron chi connectivity index (χ2n) is 4.33. The zero-order valence-electron chi connectivity index (χ0n) is 11.8. The van der Waals surface area contributed by atoms with Gasteiger partial charge in [0.1, 0.15) is 0 Å². The lowest BCUT2D eigenvalue weighted by Crippen LogP contribution is -2.31. The van der Waals surface area contributed by atoms with Gasteiger partial charge in [-0.3, -0.25) is 9.89 Å².